The molecule has 10 nitrogen and oxygen atoms in total. The molecule has 0 aliphatic rings. The topological polar surface area (TPSA) is 154 Å². The van der Waals surface area contributed by atoms with Gasteiger partial charge < -0.3 is 21.1 Å². The molecular weight excluding hydrogens is 500 g/mol. The maximum absolute atomic E-state index is 13.4. The van der Waals surface area contributed by atoms with Crippen LogP contribution in [0, 0.1) is 5.92 Å². The molecule has 5 N–H and O–H groups in total. The van der Waals surface area contributed by atoms with Crippen LogP contribution < -0.4 is 21.3 Å². The Labute approximate surface area is 232 Å². The highest BCUT2D eigenvalue weighted by Gasteiger charge is 2.29. The lowest BCUT2D eigenvalue weighted by Crippen LogP contribution is -2.56. The predicted octanol–water partition coefficient (Wildman–Crippen LogP) is 2.87. The van der Waals surface area contributed by atoms with Crippen molar-refractivity contribution >= 4 is 29.5 Å². The van der Waals surface area contributed by atoms with Gasteiger partial charge in [0.05, 0.1) is 0 Å². The van der Waals surface area contributed by atoms with Gasteiger partial charge in [-0.15, -0.1) is 0 Å². The fourth-order valence-electron chi connectivity index (χ4n) is 4.00. The Kier molecular flexibility index (Phi) is 16.2. The highest BCUT2D eigenvalue weighted by Crippen LogP contribution is 2.13. The van der Waals surface area contributed by atoms with Crippen molar-refractivity contribution in [2.45, 2.75) is 104 Å². The van der Waals surface area contributed by atoms with Gasteiger partial charge in [-0.1, -0.05) is 58.6 Å². The first-order chi connectivity index (χ1) is 18.6. The fraction of sp³-hybridized carbons (Fsp3) is 0.621. The molecule has 0 spiro atoms. The molecule has 218 valence electrons. The third-order valence-corrected chi connectivity index (χ3v) is 6.52. The van der Waals surface area contributed by atoms with Crippen molar-refractivity contribution in [3.05, 3.63) is 29.8 Å². The van der Waals surface area contributed by atoms with Crippen LogP contribution in [0.2, 0.25) is 0 Å². The van der Waals surface area contributed by atoms with Gasteiger partial charge in [-0.05, 0) is 42.9 Å². The quantitative estimate of drug-likeness (QED) is 0.178. The molecule has 39 heavy (non-hydrogen) atoms. The number of carbonyl (C=O) groups excluding carboxylic acids is 5. The predicted molar refractivity (Wildman–Crippen MR) is 150 cm³/mol. The fourth-order valence-corrected chi connectivity index (χ4v) is 4.00. The zero-order chi connectivity index (χ0) is 29.2. The molecule has 3 atom stereocenters. The van der Waals surface area contributed by atoms with E-state index in [1.165, 1.54) is 19.1 Å². The third-order valence-electron chi connectivity index (χ3n) is 6.52. The van der Waals surface area contributed by atoms with Gasteiger partial charge in [0.25, 0.3) is 0 Å². The van der Waals surface area contributed by atoms with Crippen molar-refractivity contribution in [3.8, 4) is 5.75 Å². The first-order valence-corrected chi connectivity index (χ1v) is 14.0. The monoisotopic (exact) mass is 546 g/mol. The Morgan fingerprint density at radius 1 is 0.821 bits per heavy atom. The summed E-state index contributed by atoms with van der Waals surface area (Å²) >= 11 is 0. The van der Waals surface area contributed by atoms with E-state index in [4.69, 9.17) is 0 Å². The summed E-state index contributed by atoms with van der Waals surface area (Å²) in [6, 6.07) is 4.80. The molecule has 0 bridgehead atoms. The largest absolute Gasteiger partial charge is 0.508 e. The number of rotatable bonds is 18. The molecule has 0 aliphatic carbocycles. The van der Waals surface area contributed by atoms with Crippen LogP contribution in [0.4, 0.5) is 0 Å². The van der Waals surface area contributed by atoms with E-state index in [-0.39, 0.29) is 48.1 Å². The zero-order valence-electron chi connectivity index (χ0n) is 23.8. The number of hydrogen-bond acceptors (Lipinski definition) is 6. The molecule has 0 unspecified atom stereocenters. The Hall–Kier alpha value is -3.43. The molecule has 1 aromatic rings. The van der Waals surface area contributed by atoms with Crippen LogP contribution in [0.15, 0.2) is 24.3 Å². The Balaban J connectivity index is 2.76. The average Bonchev–Trinajstić information content (AvgIpc) is 2.89. The van der Waals surface area contributed by atoms with Crippen molar-refractivity contribution in [2.75, 3.05) is 6.54 Å². The number of phenols is 1. The summed E-state index contributed by atoms with van der Waals surface area (Å²) in [5, 5.41) is 20.4. The second-order valence-corrected chi connectivity index (χ2v) is 10.0. The van der Waals surface area contributed by atoms with E-state index < -0.39 is 18.0 Å². The summed E-state index contributed by atoms with van der Waals surface area (Å²) in [7, 11) is 0. The SMILES string of the molecule is CCCCCC(=O)N[C@@H](Cc1ccc(O)cc1)C(=O)N[C@H](C(=O)NCCCCCC(=O)NC(C)=O)[C@@H](C)CC. The molecule has 0 radical (unpaired) electrons. The first kappa shape index (κ1) is 33.6. The summed E-state index contributed by atoms with van der Waals surface area (Å²) in [6.07, 6.45) is 6.02. The lowest BCUT2D eigenvalue weighted by molar-refractivity contribution is -0.133. The molecule has 0 saturated carbocycles. The Morgan fingerprint density at radius 2 is 1.46 bits per heavy atom. The minimum Gasteiger partial charge on any atom is -0.508 e. The van der Waals surface area contributed by atoms with Crippen molar-refractivity contribution in [1.29, 1.82) is 0 Å². The number of aromatic hydroxyl groups is 1. The van der Waals surface area contributed by atoms with Crippen molar-refractivity contribution < 1.29 is 29.1 Å². The summed E-state index contributed by atoms with van der Waals surface area (Å²) in [4.78, 5) is 61.4. The minimum atomic E-state index is -0.871. The molecule has 0 aromatic heterocycles. The van der Waals surface area contributed by atoms with Gasteiger partial charge in [0.1, 0.15) is 17.8 Å². The number of imide groups is 1. The van der Waals surface area contributed by atoms with Gasteiger partial charge in [-0.3, -0.25) is 29.3 Å². The van der Waals surface area contributed by atoms with E-state index in [0.717, 1.165) is 24.8 Å². The standard InChI is InChI=1S/C29H46N4O6/c1-5-7-9-12-26(37)32-24(19-22-14-16-23(35)17-15-22)28(38)33-27(20(3)6-2)29(39)30-18-11-8-10-13-25(36)31-21(4)34/h14-17,20,24,27,35H,5-13,18-19H2,1-4H3,(H,30,39)(H,32,37)(H,33,38)(H,31,34,36)/t20-,24-,27-/m0/s1. The Morgan fingerprint density at radius 3 is 2.08 bits per heavy atom. The molecule has 1 aromatic carbocycles. The zero-order valence-corrected chi connectivity index (χ0v) is 23.8. The van der Waals surface area contributed by atoms with Crippen LogP contribution in [0.25, 0.3) is 0 Å². The first-order valence-electron chi connectivity index (χ1n) is 14.0. The van der Waals surface area contributed by atoms with Crippen LogP contribution in [0.3, 0.4) is 0 Å². The third kappa shape index (κ3) is 14.3. The van der Waals surface area contributed by atoms with Crippen molar-refractivity contribution in [1.82, 2.24) is 21.3 Å². The van der Waals surface area contributed by atoms with Crippen LogP contribution in [0.1, 0.15) is 91.0 Å². The number of carbonyl (C=O) groups is 5. The summed E-state index contributed by atoms with van der Waals surface area (Å²) in [6.45, 7) is 7.55. The molecule has 1 rings (SSSR count). The minimum absolute atomic E-state index is 0.108. The van der Waals surface area contributed by atoms with Gasteiger partial charge in [-0.2, -0.15) is 0 Å². The number of phenolic OH excluding ortho intramolecular Hbond substituents is 1. The summed E-state index contributed by atoms with van der Waals surface area (Å²) in [5.74, 6) is -1.69. The molecule has 0 aliphatic heterocycles. The highest BCUT2D eigenvalue weighted by molar-refractivity contribution is 5.94. The lowest BCUT2D eigenvalue weighted by Gasteiger charge is -2.26. The number of amides is 5. The molecule has 10 heteroatoms. The molecule has 0 heterocycles. The van der Waals surface area contributed by atoms with E-state index in [1.54, 1.807) is 12.1 Å². The van der Waals surface area contributed by atoms with Gasteiger partial charge >= 0.3 is 0 Å². The van der Waals surface area contributed by atoms with Gasteiger partial charge in [0, 0.05) is 32.7 Å². The van der Waals surface area contributed by atoms with E-state index in [9.17, 15) is 29.1 Å². The van der Waals surface area contributed by atoms with Gasteiger partial charge in [-0.25, -0.2) is 0 Å². The summed E-state index contributed by atoms with van der Waals surface area (Å²) in [5.41, 5.74) is 0.767. The highest BCUT2D eigenvalue weighted by atomic mass is 16.3. The normalized spacial score (nSPS) is 13.0. The number of unbranched alkanes of at least 4 members (excludes halogenated alkanes) is 4. The number of benzene rings is 1. The van der Waals surface area contributed by atoms with Crippen molar-refractivity contribution in [3.63, 3.8) is 0 Å². The number of nitrogens with one attached hydrogen (secondary N) is 4. The van der Waals surface area contributed by atoms with Gasteiger partial charge in [0.15, 0.2) is 0 Å². The second-order valence-electron chi connectivity index (χ2n) is 10.0. The molecule has 0 saturated heterocycles. The van der Waals surface area contributed by atoms with E-state index in [2.05, 4.69) is 21.3 Å². The maximum Gasteiger partial charge on any atom is 0.243 e. The van der Waals surface area contributed by atoms with Crippen molar-refractivity contribution in [2.24, 2.45) is 5.92 Å². The van der Waals surface area contributed by atoms with Gasteiger partial charge in [0.2, 0.25) is 29.5 Å². The van der Waals surface area contributed by atoms with E-state index in [1.807, 2.05) is 20.8 Å². The second kappa shape index (κ2) is 18.8. The maximum atomic E-state index is 13.4. The average molecular weight is 547 g/mol. The number of hydrogen-bond donors (Lipinski definition) is 5. The van der Waals surface area contributed by atoms with Crippen LogP contribution in [-0.2, 0) is 30.4 Å². The summed E-state index contributed by atoms with van der Waals surface area (Å²) < 4.78 is 0. The van der Waals surface area contributed by atoms with Crippen LogP contribution in [0.5, 0.6) is 5.75 Å². The van der Waals surface area contributed by atoms with Crippen LogP contribution >= 0.6 is 0 Å². The van der Waals surface area contributed by atoms with E-state index in [0.29, 0.717) is 38.6 Å². The molecule has 5 amide bonds. The van der Waals surface area contributed by atoms with E-state index >= 15 is 0 Å². The van der Waals surface area contributed by atoms with Crippen LogP contribution in [-0.4, -0.2) is 53.3 Å². The molecule has 0 fully saturated rings. The smallest absolute Gasteiger partial charge is 0.243 e. The Bertz CT molecular complexity index is 934. The lowest BCUT2D eigenvalue weighted by atomic mass is 9.97. The molecular formula is C29H46N4O6.